The number of likely N-dealkylation sites (N-methyl/N-ethyl adjacent to an activating group) is 1. The SMILES string of the molecule is CN(C)C1(CNS(=O)(=O)N(C)CCCN)CCC1. The van der Waals surface area contributed by atoms with E-state index >= 15 is 0 Å². The van der Waals surface area contributed by atoms with Crippen LogP contribution in [-0.2, 0) is 10.2 Å². The number of rotatable bonds is 8. The first-order valence-corrected chi connectivity index (χ1v) is 7.86. The molecular formula is C11H26N4O2S. The van der Waals surface area contributed by atoms with E-state index in [2.05, 4.69) is 9.62 Å². The summed E-state index contributed by atoms with van der Waals surface area (Å²) in [6, 6.07) is 0. The molecule has 0 saturated heterocycles. The Bertz CT molecular complexity index is 352. The first kappa shape index (κ1) is 15.8. The van der Waals surface area contributed by atoms with Crippen molar-refractivity contribution in [2.75, 3.05) is 40.8 Å². The zero-order valence-electron chi connectivity index (χ0n) is 11.6. The number of hydrogen-bond acceptors (Lipinski definition) is 4. The smallest absolute Gasteiger partial charge is 0.279 e. The maximum atomic E-state index is 12.0. The number of nitrogens with one attached hydrogen (secondary N) is 1. The monoisotopic (exact) mass is 278 g/mol. The van der Waals surface area contributed by atoms with Gasteiger partial charge >= 0.3 is 0 Å². The molecule has 7 heteroatoms. The van der Waals surface area contributed by atoms with E-state index in [-0.39, 0.29) is 5.54 Å². The third kappa shape index (κ3) is 3.64. The molecule has 6 nitrogen and oxygen atoms in total. The van der Waals surface area contributed by atoms with Crippen LogP contribution in [0.4, 0.5) is 0 Å². The van der Waals surface area contributed by atoms with Crippen LogP contribution in [0.3, 0.4) is 0 Å². The summed E-state index contributed by atoms with van der Waals surface area (Å²) in [5.74, 6) is 0. The van der Waals surface area contributed by atoms with Crippen LogP contribution in [0.5, 0.6) is 0 Å². The molecule has 0 aromatic heterocycles. The zero-order chi connectivity index (χ0) is 13.8. The van der Waals surface area contributed by atoms with Crippen LogP contribution in [0.15, 0.2) is 0 Å². The van der Waals surface area contributed by atoms with Crippen LogP contribution in [0.2, 0.25) is 0 Å². The summed E-state index contributed by atoms with van der Waals surface area (Å²) in [6.45, 7) is 1.44. The van der Waals surface area contributed by atoms with Crippen molar-refractivity contribution < 1.29 is 8.42 Å². The molecule has 1 fully saturated rings. The topological polar surface area (TPSA) is 78.7 Å². The van der Waals surface area contributed by atoms with Crippen molar-refractivity contribution in [3.05, 3.63) is 0 Å². The second kappa shape index (κ2) is 6.29. The van der Waals surface area contributed by atoms with Gasteiger partial charge in [-0.05, 0) is 46.3 Å². The van der Waals surface area contributed by atoms with Crippen molar-refractivity contribution in [3.63, 3.8) is 0 Å². The fraction of sp³-hybridized carbons (Fsp3) is 1.00. The number of hydrogen-bond donors (Lipinski definition) is 2. The molecule has 0 heterocycles. The van der Waals surface area contributed by atoms with Crippen molar-refractivity contribution in [1.82, 2.24) is 13.9 Å². The van der Waals surface area contributed by atoms with E-state index in [0.29, 0.717) is 26.1 Å². The summed E-state index contributed by atoms with van der Waals surface area (Å²) in [5, 5.41) is 0. The average Bonchev–Trinajstić information content (AvgIpc) is 2.23. The first-order valence-electron chi connectivity index (χ1n) is 6.42. The molecule has 3 N–H and O–H groups in total. The Morgan fingerprint density at radius 1 is 1.28 bits per heavy atom. The van der Waals surface area contributed by atoms with E-state index < -0.39 is 10.2 Å². The summed E-state index contributed by atoms with van der Waals surface area (Å²) >= 11 is 0. The van der Waals surface area contributed by atoms with Crippen LogP contribution in [0, 0.1) is 0 Å². The van der Waals surface area contributed by atoms with Crippen molar-refractivity contribution in [3.8, 4) is 0 Å². The third-order valence-electron chi connectivity index (χ3n) is 3.90. The number of nitrogens with two attached hydrogens (primary N) is 1. The molecule has 0 unspecified atom stereocenters. The minimum Gasteiger partial charge on any atom is -0.330 e. The second-order valence-corrected chi connectivity index (χ2v) is 7.12. The molecule has 108 valence electrons. The van der Waals surface area contributed by atoms with E-state index in [4.69, 9.17) is 5.73 Å². The summed E-state index contributed by atoms with van der Waals surface area (Å²) < 4.78 is 28.0. The quantitative estimate of drug-likeness (QED) is 0.632. The van der Waals surface area contributed by atoms with Gasteiger partial charge in [0.2, 0.25) is 0 Å². The van der Waals surface area contributed by atoms with Gasteiger partial charge in [-0.3, -0.25) is 0 Å². The van der Waals surface area contributed by atoms with Crippen LogP contribution < -0.4 is 10.5 Å². The Labute approximate surface area is 111 Å². The summed E-state index contributed by atoms with van der Waals surface area (Å²) in [6.07, 6.45) is 3.95. The lowest BCUT2D eigenvalue weighted by Crippen LogP contribution is -2.58. The van der Waals surface area contributed by atoms with E-state index in [1.807, 2.05) is 14.1 Å². The highest BCUT2D eigenvalue weighted by Crippen LogP contribution is 2.35. The van der Waals surface area contributed by atoms with Crippen LogP contribution in [0.25, 0.3) is 0 Å². The molecule has 0 spiro atoms. The van der Waals surface area contributed by atoms with Gasteiger partial charge in [-0.1, -0.05) is 0 Å². The molecule has 0 aliphatic heterocycles. The van der Waals surface area contributed by atoms with Gasteiger partial charge in [0.15, 0.2) is 0 Å². The normalized spacial score (nSPS) is 19.2. The molecule has 1 rings (SSSR count). The largest absolute Gasteiger partial charge is 0.330 e. The lowest BCUT2D eigenvalue weighted by molar-refractivity contribution is 0.0653. The van der Waals surface area contributed by atoms with Crippen molar-refractivity contribution in [2.24, 2.45) is 5.73 Å². The minimum absolute atomic E-state index is 0.00176. The molecule has 0 bridgehead atoms. The predicted octanol–water partition coefficient (Wildman–Crippen LogP) is -0.414. The Morgan fingerprint density at radius 2 is 1.89 bits per heavy atom. The van der Waals surface area contributed by atoms with E-state index in [1.54, 1.807) is 7.05 Å². The standard InChI is InChI=1S/C11H26N4O2S/c1-14(2)11(6-4-7-11)10-13-18(16,17)15(3)9-5-8-12/h13H,4-10,12H2,1-3H3. The minimum atomic E-state index is -3.37. The fourth-order valence-electron chi connectivity index (χ4n) is 2.14. The average molecular weight is 278 g/mol. The van der Waals surface area contributed by atoms with Crippen molar-refractivity contribution in [2.45, 2.75) is 31.2 Å². The molecule has 0 aromatic rings. The molecule has 1 aliphatic rings. The maximum Gasteiger partial charge on any atom is 0.279 e. The van der Waals surface area contributed by atoms with E-state index in [9.17, 15) is 8.42 Å². The molecule has 0 atom stereocenters. The van der Waals surface area contributed by atoms with Crippen molar-refractivity contribution >= 4 is 10.2 Å². The lowest BCUT2D eigenvalue weighted by atomic mass is 9.76. The summed E-state index contributed by atoms with van der Waals surface area (Å²) in [7, 11) is 2.22. The van der Waals surface area contributed by atoms with Gasteiger partial charge in [0, 0.05) is 25.7 Å². The van der Waals surface area contributed by atoms with Gasteiger partial charge in [0.05, 0.1) is 0 Å². The second-order valence-electron chi connectivity index (χ2n) is 5.26. The Kier molecular flexibility index (Phi) is 5.54. The van der Waals surface area contributed by atoms with Gasteiger partial charge in [-0.15, -0.1) is 0 Å². The molecule has 1 aliphatic carbocycles. The lowest BCUT2D eigenvalue weighted by Gasteiger charge is -2.47. The van der Waals surface area contributed by atoms with Crippen LogP contribution >= 0.6 is 0 Å². The predicted molar refractivity (Wildman–Crippen MR) is 73.5 cm³/mol. The Morgan fingerprint density at radius 3 is 2.28 bits per heavy atom. The molecule has 0 aromatic carbocycles. The highest BCUT2D eigenvalue weighted by atomic mass is 32.2. The summed E-state index contributed by atoms with van der Waals surface area (Å²) in [5.41, 5.74) is 5.39. The highest BCUT2D eigenvalue weighted by molar-refractivity contribution is 7.87. The van der Waals surface area contributed by atoms with Crippen LogP contribution in [-0.4, -0.2) is 63.9 Å². The highest BCUT2D eigenvalue weighted by Gasteiger charge is 2.40. The van der Waals surface area contributed by atoms with Gasteiger partial charge in [-0.2, -0.15) is 12.7 Å². The molecule has 0 amide bonds. The van der Waals surface area contributed by atoms with E-state index in [0.717, 1.165) is 12.8 Å². The molecule has 0 radical (unpaired) electrons. The Hall–Kier alpha value is -0.210. The third-order valence-corrected chi connectivity index (χ3v) is 5.42. The zero-order valence-corrected chi connectivity index (χ0v) is 12.5. The fourth-order valence-corrected chi connectivity index (χ4v) is 3.18. The van der Waals surface area contributed by atoms with E-state index in [1.165, 1.54) is 10.7 Å². The molecule has 18 heavy (non-hydrogen) atoms. The summed E-state index contributed by atoms with van der Waals surface area (Å²) in [4.78, 5) is 2.12. The molecule has 1 saturated carbocycles. The molecular weight excluding hydrogens is 252 g/mol. The first-order chi connectivity index (χ1) is 8.34. The van der Waals surface area contributed by atoms with Crippen LogP contribution in [0.1, 0.15) is 25.7 Å². The van der Waals surface area contributed by atoms with Gasteiger partial charge in [-0.25, -0.2) is 4.72 Å². The van der Waals surface area contributed by atoms with Gasteiger partial charge < -0.3 is 10.6 Å². The van der Waals surface area contributed by atoms with Crippen molar-refractivity contribution in [1.29, 1.82) is 0 Å². The Balaban J connectivity index is 2.50. The number of nitrogens with zero attached hydrogens (tertiary/aromatic N) is 2. The maximum absolute atomic E-state index is 12.0. The van der Waals surface area contributed by atoms with Gasteiger partial charge in [0.1, 0.15) is 0 Å². The van der Waals surface area contributed by atoms with Gasteiger partial charge in [0.25, 0.3) is 10.2 Å².